The average molecular weight is 292 g/mol. The Bertz CT molecular complexity index is 783. The van der Waals surface area contributed by atoms with Crippen LogP contribution in [0.25, 0.3) is 16.8 Å². The van der Waals surface area contributed by atoms with Gasteiger partial charge in [0.1, 0.15) is 0 Å². The molecule has 0 N–H and O–H groups in total. The number of benzene rings is 1. The Morgan fingerprint density at radius 2 is 1.73 bits per heavy atom. The van der Waals surface area contributed by atoms with Gasteiger partial charge in [-0.1, -0.05) is 35.9 Å². The van der Waals surface area contributed by atoms with Crippen LogP contribution in [-0.4, -0.2) is 30.7 Å². The van der Waals surface area contributed by atoms with Gasteiger partial charge in [-0.3, -0.25) is 0 Å². The largest absolute Gasteiger partial charge is 0.378 e. The summed E-state index contributed by atoms with van der Waals surface area (Å²) in [5.74, 6) is 0. The van der Waals surface area contributed by atoms with Crippen LogP contribution in [-0.2, 0) is 4.74 Å². The van der Waals surface area contributed by atoms with Crippen molar-refractivity contribution in [3.63, 3.8) is 0 Å². The molecule has 3 nitrogen and oxygen atoms in total. The number of fused-ring (bicyclic) bond motifs is 1. The smallest absolute Gasteiger partial charge is 0.0690 e. The molecular formula is C19H20N2O. The SMILES string of the molecule is Cc1ccc(-c2cc(N3CCOCC3)c3ccccn23)cc1. The van der Waals surface area contributed by atoms with E-state index in [0.29, 0.717) is 0 Å². The second-order valence-electron chi connectivity index (χ2n) is 5.84. The van der Waals surface area contributed by atoms with Gasteiger partial charge in [0.25, 0.3) is 0 Å². The lowest BCUT2D eigenvalue weighted by atomic mass is 10.1. The molecule has 2 aromatic heterocycles. The van der Waals surface area contributed by atoms with Gasteiger partial charge >= 0.3 is 0 Å². The molecule has 3 heterocycles. The predicted octanol–water partition coefficient (Wildman–Crippen LogP) is 3.75. The topological polar surface area (TPSA) is 16.9 Å². The molecule has 0 atom stereocenters. The molecule has 0 unspecified atom stereocenters. The van der Waals surface area contributed by atoms with Gasteiger partial charge in [0.15, 0.2) is 0 Å². The van der Waals surface area contributed by atoms with Gasteiger partial charge in [0.05, 0.1) is 30.1 Å². The number of aromatic nitrogens is 1. The molecule has 4 rings (SSSR count). The summed E-state index contributed by atoms with van der Waals surface area (Å²) in [5, 5.41) is 0. The van der Waals surface area contributed by atoms with Crippen LogP contribution in [0.2, 0.25) is 0 Å². The molecule has 0 spiro atoms. The highest BCUT2D eigenvalue weighted by Crippen LogP contribution is 2.32. The number of morpholine rings is 1. The van der Waals surface area contributed by atoms with E-state index in [1.807, 2.05) is 0 Å². The van der Waals surface area contributed by atoms with E-state index in [1.54, 1.807) is 0 Å². The number of anilines is 1. The van der Waals surface area contributed by atoms with Gasteiger partial charge in [-0.05, 0) is 30.7 Å². The molecule has 0 amide bonds. The molecule has 1 aliphatic rings. The fourth-order valence-electron chi connectivity index (χ4n) is 3.14. The molecule has 1 saturated heterocycles. The van der Waals surface area contributed by atoms with E-state index in [0.717, 1.165) is 26.3 Å². The molecule has 22 heavy (non-hydrogen) atoms. The second-order valence-corrected chi connectivity index (χ2v) is 5.84. The monoisotopic (exact) mass is 292 g/mol. The van der Waals surface area contributed by atoms with Crippen molar-refractivity contribution < 1.29 is 4.74 Å². The Balaban J connectivity index is 1.86. The molecule has 3 aromatic rings. The molecule has 1 fully saturated rings. The number of pyridine rings is 1. The highest BCUT2D eigenvalue weighted by atomic mass is 16.5. The maximum absolute atomic E-state index is 5.49. The van der Waals surface area contributed by atoms with Gasteiger partial charge in [0.2, 0.25) is 0 Å². The van der Waals surface area contributed by atoms with E-state index in [2.05, 4.69) is 71.0 Å². The lowest BCUT2D eigenvalue weighted by Crippen LogP contribution is -2.36. The highest BCUT2D eigenvalue weighted by Gasteiger charge is 2.17. The minimum atomic E-state index is 0.810. The van der Waals surface area contributed by atoms with E-state index >= 15 is 0 Å². The zero-order chi connectivity index (χ0) is 14.9. The van der Waals surface area contributed by atoms with Crippen LogP contribution in [0.15, 0.2) is 54.7 Å². The van der Waals surface area contributed by atoms with Gasteiger partial charge in [-0.15, -0.1) is 0 Å². The number of rotatable bonds is 2. The first-order chi connectivity index (χ1) is 10.8. The van der Waals surface area contributed by atoms with Crippen molar-refractivity contribution in [2.45, 2.75) is 6.92 Å². The molecule has 0 radical (unpaired) electrons. The third-order valence-electron chi connectivity index (χ3n) is 4.35. The maximum atomic E-state index is 5.49. The molecule has 0 bridgehead atoms. The van der Waals surface area contributed by atoms with Crippen LogP contribution in [0.3, 0.4) is 0 Å². The van der Waals surface area contributed by atoms with Crippen LogP contribution in [0.5, 0.6) is 0 Å². The van der Waals surface area contributed by atoms with Crippen molar-refractivity contribution in [3.05, 3.63) is 60.3 Å². The number of hydrogen-bond donors (Lipinski definition) is 0. The van der Waals surface area contributed by atoms with E-state index in [9.17, 15) is 0 Å². The number of aryl methyl sites for hydroxylation is 1. The van der Waals surface area contributed by atoms with Crippen LogP contribution >= 0.6 is 0 Å². The molecule has 1 aliphatic heterocycles. The van der Waals surface area contributed by atoms with Crippen molar-refractivity contribution in [2.75, 3.05) is 31.2 Å². The summed E-state index contributed by atoms with van der Waals surface area (Å²) in [7, 11) is 0. The van der Waals surface area contributed by atoms with Crippen LogP contribution in [0.4, 0.5) is 5.69 Å². The fraction of sp³-hybridized carbons (Fsp3) is 0.263. The van der Waals surface area contributed by atoms with Crippen molar-refractivity contribution in [1.82, 2.24) is 4.40 Å². The first-order valence-corrected chi connectivity index (χ1v) is 7.83. The second kappa shape index (κ2) is 5.50. The first kappa shape index (κ1) is 13.4. The maximum Gasteiger partial charge on any atom is 0.0690 e. The van der Waals surface area contributed by atoms with E-state index in [1.165, 1.54) is 28.0 Å². The number of ether oxygens (including phenoxy) is 1. The van der Waals surface area contributed by atoms with E-state index in [4.69, 9.17) is 4.74 Å². The summed E-state index contributed by atoms with van der Waals surface area (Å²) in [4.78, 5) is 2.43. The van der Waals surface area contributed by atoms with Crippen molar-refractivity contribution >= 4 is 11.2 Å². The Morgan fingerprint density at radius 1 is 0.955 bits per heavy atom. The van der Waals surface area contributed by atoms with Crippen molar-refractivity contribution in [3.8, 4) is 11.3 Å². The summed E-state index contributed by atoms with van der Waals surface area (Å²) in [6.07, 6.45) is 2.15. The van der Waals surface area contributed by atoms with E-state index in [-0.39, 0.29) is 0 Å². The quantitative estimate of drug-likeness (QED) is 0.715. The molecule has 0 aliphatic carbocycles. The number of hydrogen-bond acceptors (Lipinski definition) is 2. The predicted molar refractivity (Wildman–Crippen MR) is 90.6 cm³/mol. The summed E-state index contributed by atoms with van der Waals surface area (Å²) in [5.41, 5.74) is 6.36. The van der Waals surface area contributed by atoms with Gasteiger partial charge in [-0.25, -0.2) is 0 Å². The van der Waals surface area contributed by atoms with Crippen LogP contribution in [0.1, 0.15) is 5.56 Å². The summed E-state index contributed by atoms with van der Waals surface area (Å²) < 4.78 is 7.78. The Kier molecular flexibility index (Phi) is 3.35. The minimum absolute atomic E-state index is 0.810. The lowest BCUT2D eigenvalue weighted by molar-refractivity contribution is 0.123. The Morgan fingerprint density at radius 3 is 2.50 bits per heavy atom. The third-order valence-corrected chi connectivity index (χ3v) is 4.35. The molecule has 1 aromatic carbocycles. The van der Waals surface area contributed by atoms with Gasteiger partial charge < -0.3 is 14.0 Å². The average Bonchev–Trinajstić information content (AvgIpc) is 2.96. The zero-order valence-electron chi connectivity index (χ0n) is 12.8. The summed E-state index contributed by atoms with van der Waals surface area (Å²) in [6.45, 7) is 5.66. The zero-order valence-corrected chi connectivity index (χ0v) is 12.8. The molecule has 0 saturated carbocycles. The van der Waals surface area contributed by atoms with Crippen molar-refractivity contribution in [2.24, 2.45) is 0 Å². The Labute approximate surface area is 130 Å². The standard InChI is InChI=1S/C19H20N2O/c1-15-5-7-16(8-6-15)18-14-19(20-10-12-22-13-11-20)17-4-2-3-9-21(17)18/h2-9,14H,10-13H2,1H3. The van der Waals surface area contributed by atoms with Gasteiger partial charge in [-0.2, -0.15) is 0 Å². The highest BCUT2D eigenvalue weighted by molar-refractivity contribution is 5.82. The first-order valence-electron chi connectivity index (χ1n) is 7.83. The normalized spacial score (nSPS) is 15.4. The van der Waals surface area contributed by atoms with Crippen LogP contribution < -0.4 is 4.90 Å². The summed E-state index contributed by atoms with van der Waals surface area (Å²) >= 11 is 0. The lowest BCUT2D eigenvalue weighted by Gasteiger charge is -2.28. The minimum Gasteiger partial charge on any atom is -0.378 e. The van der Waals surface area contributed by atoms with Crippen molar-refractivity contribution in [1.29, 1.82) is 0 Å². The fourth-order valence-corrected chi connectivity index (χ4v) is 3.14. The van der Waals surface area contributed by atoms with Crippen LogP contribution in [0, 0.1) is 6.92 Å². The Hall–Kier alpha value is -2.26. The molecule has 112 valence electrons. The summed E-state index contributed by atoms with van der Waals surface area (Å²) in [6, 6.07) is 17.5. The molecule has 3 heteroatoms. The van der Waals surface area contributed by atoms with Gasteiger partial charge in [0, 0.05) is 19.3 Å². The van der Waals surface area contributed by atoms with E-state index < -0.39 is 0 Å². The third kappa shape index (κ3) is 2.28. The number of nitrogens with zero attached hydrogens (tertiary/aromatic N) is 2. The molecular weight excluding hydrogens is 272 g/mol.